The first kappa shape index (κ1) is 11.6. The van der Waals surface area contributed by atoms with Crippen molar-refractivity contribution >= 4 is 21.8 Å². The monoisotopic (exact) mass is 285 g/mol. The number of nitrogens with zero attached hydrogens (tertiary/aromatic N) is 1. The SMILES string of the molecule is CN(CC1CC1)C(=O)c1ccc(Br)c(F)c1. The van der Waals surface area contributed by atoms with Gasteiger partial charge in [0.2, 0.25) is 0 Å². The van der Waals surface area contributed by atoms with E-state index >= 15 is 0 Å². The molecule has 1 saturated carbocycles. The largest absolute Gasteiger partial charge is 0.341 e. The van der Waals surface area contributed by atoms with Gasteiger partial charge in [-0.25, -0.2) is 4.39 Å². The lowest BCUT2D eigenvalue weighted by molar-refractivity contribution is 0.0788. The Morgan fingerprint density at radius 2 is 2.25 bits per heavy atom. The van der Waals surface area contributed by atoms with E-state index in [-0.39, 0.29) is 5.91 Å². The summed E-state index contributed by atoms with van der Waals surface area (Å²) in [4.78, 5) is 13.6. The zero-order chi connectivity index (χ0) is 11.7. The summed E-state index contributed by atoms with van der Waals surface area (Å²) >= 11 is 3.07. The first-order valence-corrected chi connectivity index (χ1v) is 6.07. The number of hydrogen-bond acceptors (Lipinski definition) is 1. The van der Waals surface area contributed by atoms with Crippen molar-refractivity contribution in [2.45, 2.75) is 12.8 Å². The Kier molecular flexibility index (Phi) is 3.28. The number of rotatable bonds is 3. The summed E-state index contributed by atoms with van der Waals surface area (Å²) in [6.07, 6.45) is 2.40. The number of halogens is 2. The van der Waals surface area contributed by atoms with Gasteiger partial charge in [-0.15, -0.1) is 0 Å². The molecule has 0 N–H and O–H groups in total. The molecule has 0 unspecified atom stereocenters. The maximum Gasteiger partial charge on any atom is 0.253 e. The average molecular weight is 286 g/mol. The summed E-state index contributed by atoms with van der Waals surface area (Å²) in [6.45, 7) is 0.774. The second-order valence-corrected chi connectivity index (χ2v) is 5.11. The molecule has 2 nitrogen and oxygen atoms in total. The third-order valence-electron chi connectivity index (χ3n) is 2.74. The number of carbonyl (C=O) groups is 1. The van der Waals surface area contributed by atoms with E-state index in [1.165, 1.54) is 18.9 Å². The maximum absolute atomic E-state index is 13.3. The summed E-state index contributed by atoms with van der Waals surface area (Å²) in [5, 5.41) is 0. The summed E-state index contributed by atoms with van der Waals surface area (Å²) < 4.78 is 13.6. The molecular weight excluding hydrogens is 273 g/mol. The molecule has 1 aromatic rings. The molecule has 0 spiro atoms. The molecule has 1 amide bonds. The minimum Gasteiger partial charge on any atom is -0.341 e. The van der Waals surface area contributed by atoms with Crippen LogP contribution in [0.25, 0.3) is 0 Å². The summed E-state index contributed by atoms with van der Waals surface area (Å²) in [6, 6.07) is 4.47. The smallest absolute Gasteiger partial charge is 0.253 e. The topological polar surface area (TPSA) is 20.3 Å². The van der Waals surface area contributed by atoms with Gasteiger partial charge < -0.3 is 4.90 Å². The fraction of sp³-hybridized carbons (Fsp3) is 0.417. The predicted molar refractivity (Wildman–Crippen MR) is 63.8 cm³/mol. The fourth-order valence-electron chi connectivity index (χ4n) is 1.62. The molecule has 1 aliphatic rings. The van der Waals surface area contributed by atoms with Gasteiger partial charge in [0, 0.05) is 19.2 Å². The number of benzene rings is 1. The van der Waals surface area contributed by atoms with E-state index in [1.807, 2.05) is 0 Å². The number of carbonyl (C=O) groups excluding carboxylic acids is 1. The van der Waals surface area contributed by atoms with Crippen LogP contribution < -0.4 is 0 Å². The molecule has 1 fully saturated rings. The summed E-state index contributed by atoms with van der Waals surface area (Å²) in [7, 11) is 1.76. The van der Waals surface area contributed by atoms with Crippen LogP contribution in [0.5, 0.6) is 0 Å². The first-order chi connectivity index (χ1) is 7.58. The van der Waals surface area contributed by atoms with Gasteiger partial charge in [-0.2, -0.15) is 0 Å². The van der Waals surface area contributed by atoms with E-state index in [0.29, 0.717) is 16.0 Å². The molecular formula is C12H13BrFNO. The Labute approximate surface area is 103 Å². The minimum absolute atomic E-state index is 0.113. The van der Waals surface area contributed by atoms with Gasteiger partial charge in [-0.3, -0.25) is 4.79 Å². The van der Waals surface area contributed by atoms with Crippen molar-refractivity contribution < 1.29 is 9.18 Å². The van der Waals surface area contributed by atoms with Crippen LogP contribution >= 0.6 is 15.9 Å². The van der Waals surface area contributed by atoms with Crippen LogP contribution in [0.1, 0.15) is 23.2 Å². The molecule has 86 valence electrons. The van der Waals surface area contributed by atoms with Crippen LogP contribution in [0.4, 0.5) is 4.39 Å². The molecule has 0 heterocycles. The van der Waals surface area contributed by atoms with E-state index in [4.69, 9.17) is 0 Å². The molecule has 1 aliphatic carbocycles. The van der Waals surface area contributed by atoms with Crippen molar-refractivity contribution in [2.75, 3.05) is 13.6 Å². The van der Waals surface area contributed by atoms with Crippen molar-refractivity contribution in [2.24, 2.45) is 5.92 Å². The highest BCUT2D eigenvalue weighted by Gasteiger charge is 2.25. The lowest BCUT2D eigenvalue weighted by Crippen LogP contribution is -2.28. The van der Waals surface area contributed by atoms with Crippen molar-refractivity contribution in [3.8, 4) is 0 Å². The molecule has 0 saturated heterocycles. The molecule has 0 radical (unpaired) electrons. The fourth-order valence-corrected chi connectivity index (χ4v) is 1.87. The van der Waals surface area contributed by atoms with E-state index in [0.717, 1.165) is 6.54 Å². The molecule has 0 atom stereocenters. The van der Waals surface area contributed by atoms with E-state index < -0.39 is 5.82 Å². The van der Waals surface area contributed by atoms with Crippen LogP contribution in [0.3, 0.4) is 0 Å². The second kappa shape index (κ2) is 4.53. The maximum atomic E-state index is 13.3. The lowest BCUT2D eigenvalue weighted by Gasteiger charge is -2.16. The molecule has 0 bridgehead atoms. The summed E-state index contributed by atoms with van der Waals surface area (Å²) in [5.41, 5.74) is 0.406. The van der Waals surface area contributed by atoms with Crippen LogP contribution in [0.2, 0.25) is 0 Å². The number of amides is 1. The average Bonchev–Trinajstić information content (AvgIpc) is 3.05. The van der Waals surface area contributed by atoms with Crippen molar-refractivity contribution in [3.05, 3.63) is 34.1 Å². The quantitative estimate of drug-likeness (QED) is 0.836. The van der Waals surface area contributed by atoms with Gasteiger partial charge in [-0.05, 0) is 52.9 Å². The van der Waals surface area contributed by atoms with E-state index in [2.05, 4.69) is 15.9 Å². The molecule has 0 aromatic heterocycles. The standard InChI is InChI=1S/C12H13BrFNO/c1-15(7-8-2-3-8)12(16)9-4-5-10(13)11(14)6-9/h4-6,8H,2-3,7H2,1H3. The first-order valence-electron chi connectivity index (χ1n) is 5.28. The minimum atomic E-state index is -0.398. The second-order valence-electron chi connectivity index (χ2n) is 4.26. The zero-order valence-corrected chi connectivity index (χ0v) is 10.6. The van der Waals surface area contributed by atoms with Crippen LogP contribution in [0.15, 0.2) is 22.7 Å². The Morgan fingerprint density at radius 3 is 2.81 bits per heavy atom. The third kappa shape index (κ3) is 2.61. The van der Waals surface area contributed by atoms with Crippen molar-refractivity contribution in [3.63, 3.8) is 0 Å². The normalized spacial score (nSPS) is 14.9. The van der Waals surface area contributed by atoms with Crippen molar-refractivity contribution in [1.29, 1.82) is 0 Å². The van der Waals surface area contributed by atoms with Gasteiger partial charge in [0.1, 0.15) is 5.82 Å². The molecule has 16 heavy (non-hydrogen) atoms. The highest BCUT2D eigenvalue weighted by molar-refractivity contribution is 9.10. The predicted octanol–water partition coefficient (Wildman–Crippen LogP) is 3.07. The Morgan fingerprint density at radius 1 is 1.56 bits per heavy atom. The van der Waals surface area contributed by atoms with Gasteiger partial charge in [0.05, 0.1) is 4.47 Å². The van der Waals surface area contributed by atoms with Gasteiger partial charge in [0.25, 0.3) is 5.91 Å². The van der Waals surface area contributed by atoms with Gasteiger partial charge >= 0.3 is 0 Å². The highest BCUT2D eigenvalue weighted by Crippen LogP contribution is 2.29. The summed E-state index contributed by atoms with van der Waals surface area (Å²) in [5.74, 6) is 0.137. The Hall–Kier alpha value is -0.900. The van der Waals surface area contributed by atoms with Crippen molar-refractivity contribution in [1.82, 2.24) is 4.90 Å². The van der Waals surface area contributed by atoms with Gasteiger partial charge in [-0.1, -0.05) is 0 Å². The molecule has 4 heteroatoms. The van der Waals surface area contributed by atoms with E-state index in [9.17, 15) is 9.18 Å². The van der Waals surface area contributed by atoms with Crippen LogP contribution in [-0.2, 0) is 0 Å². The molecule has 0 aliphatic heterocycles. The molecule has 2 rings (SSSR count). The van der Waals surface area contributed by atoms with Gasteiger partial charge in [0.15, 0.2) is 0 Å². The highest BCUT2D eigenvalue weighted by atomic mass is 79.9. The Balaban J connectivity index is 2.09. The Bertz CT molecular complexity index is 417. The van der Waals surface area contributed by atoms with Crippen LogP contribution in [0, 0.1) is 11.7 Å². The zero-order valence-electron chi connectivity index (χ0n) is 9.04. The third-order valence-corrected chi connectivity index (χ3v) is 3.39. The number of hydrogen-bond donors (Lipinski definition) is 0. The van der Waals surface area contributed by atoms with E-state index in [1.54, 1.807) is 24.1 Å². The van der Waals surface area contributed by atoms with Crippen LogP contribution in [-0.4, -0.2) is 24.4 Å². The molecule has 1 aromatic carbocycles. The lowest BCUT2D eigenvalue weighted by atomic mass is 10.2.